The minimum Gasteiger partial charge on any atom is -0.506 e. The smallest absolute Gasteiger partial charge is 0.294 e. The molecule has 10 nitrogen and oxygen atoms in total. The van der Waals surface area contributed by atoms with Crippen LogP contribution in [0, 0.1) is 17.0 Å². The fraction of sp³-hybridized carbons (Fsp3) is 0.118. The van der Waals surface area contributed by atoms with E-state index < -0.39 is 28.5 Å². The first-order chi connectivity index (χ1) is 13.2. The van der Waals surface area contributed by atoms with Gasteiger partial charge in [-0.15, -0.1) is 0 Å². The lowest BCUT2D eigenvalue weighted by Crippen LogP contribution is -2.36. The highest BCUT2D eigenvalue weighted by molar-refractivity contribution is 8.18. The van der Waals surface area contributed by atoms with E-state index in [1.165, 1.54) is 6.08 Å². The van der Waals surface area contributed by atoms with Gasteiger partial charge in [0, 0.05) is 18.2 Å². The second kappa shape index (κ2) is 7.56. The number of hydrogen-bond donors (Lipinski definition) is 2. The molecule has 2 aromatic rings. The predicted molar refractivity (Wildman–Crippen MR) is 99.5 cm³/mol. The molecule has 2 heterocycles. The van der Waals surface area contributed by atoms with E-state index in [-0.39, 0.29) is 22.0 Å². The van der Waals surface area contributed by atoms with E-state index in [0.717, 1.165) is 23.1 Å². The number of carbonyl (C=O) groups excluding carboxylic acids is 3. The highest BCUT2D eigenvalue weighted by Gasteiger charge is 2.36. The van der Waals surface area contributed by atoms with Gasteiger partial charge in [0.15, 0.2) is 0 Å². The van der Waals surface area contributed by atoms with Crippen LogP contribution in [0.4, 0.5) is 16.2 Å². The normalized spacial score (nSPS) is 15.3. The second-order valence-corrected chi connectivity index (χ2v) is 6.72. The number of thioether (sulfide) groups is 1. The number of benzene rings is 1. The molecule has 0 saturated carbocycles. The molecule has 0 bridgehead atoms. The maximum atomic E-state index is 12.4. The van der Waals surface area contributed by atoms with Gasteiger partial charge in [0.05, 0.1) is 15.5 Å². The third kappa shape index (κ3) is 4.04. The van der Waals surface area contributed by atoms with Crippen molar-refractivity contribution in [3.8, 4) is 5.75 Å². The van der Waals surface area contributed by atoms with Crippen LogP contribution in [0.5, 0.6) is 5.75 Å². The van der Waals surface area contributed by atoms with E-state index in [1.807, 2.05) is 0 Å². The molecule has 1 aromatic heterocycles. The van der Waals surface area contributed by atoms with Crippen molar-refractivity contribution in [3.63, 3.8) is 0 Å². The number of nitrogens with one attached hydrogen (secondary N) is 1. The molecule has 144 valence electrons. The zero-order valence-corrected chi connectivity index (χ0v) is 15.2. The van der Waals surface area contributed by atoms with Crippen molar-refractivity contribution >= 4 is 46.3 Å². The Balaban J connectivity index is 1.71. The molecule has 1 aliphatic rings. The van der Waals surface area contributed by atoms with Crippen molar-refractivity contribution in [1.29, 1.82) is 0 Å². The minimum absolute atomic E-state index is 0.102. The summed E-state index contributed by atoms with van der Waals surface area (Å²) in [6.07, 6.45) is 1.40. The second-order valence-electron chi connectivity index (χ2n) is 5.72. The highest BCUT2D eigenvalue weighted by Crippen LogP contribution is 2.33. The summed E-state index contributed by atoms with van der Waals surface area (Å²) in [6, 6.07) is 6.45. The van der Waals surface area contributed by atoms with Crippen LogP contribution in [0.1, 0.15) is 11.5 Å². The van der Waals surface area contributed by atoms with Crippen molar-refractivity contribution < 1.29 is 28.8 Å². The Hall–Kier alpha value is -3.60. The van der Waals surface area contributed by atoms with Gasteiger partial charge < -0.3 is 14.8 Å². The van der Waals surface area contributed by atoms with Crippen LogP contribution in [0.3, 0.4) is 0 Å². The Morgan fingerprint density at radius 3 is 2.75 bits per heavy atom. The number of furan rings is 1. The van der Waals surface area contributed by atoms with Gasteiger partial charge in [-0.05, 0) is 36.9 Å². The van der Waals surface area contributed by atoms with Gasteiger partial charge in [0.1, 0.15) is 23.8 Å². The van der Waals surface area contributed by atoms with Crippen LogP contribution in [0.2, 0.25) is 0 Å². The number of nitro benzene ring substituents is 1. The molecule has 3 amide bonds. The number of rotatable bonds is 5. The lowest BCUT2D eigenvalue weighted by atomic mass is 10.2. The average Bonchev–Trinajstić information content (AvgIpc) is 3.15. The van der Waals surface area contributed by atoms with Crippen LogP contribution in [0.25, 0.3) is 6.08 Å². The number of anilines is 1. The van der Waals surface area contributed by atoms with E-state index in [2.05, 4.69) is 5.32 Å². The first-order valence-corrected chi connectivity index (χ1v) is 8.65. The molecular formula is C17H13N3O7S. The molecule has 0 unspecified atom stereocenters. The minimum atomic E-state index is -0.798. The number of non-ortho nitro benzene ring substituents is 1. The Morgan fingerprint density at radius 1 is 1.36 bits per heavy atom. The lowest BCUT2D eigenvalue weighted by molar-refractivity contribution is -0.384. The number of imide groups is 1. The predicted octanol–water partition coefficient (Wildman–Crippen LogP) is 2.88. The number of phenolic OH excluding ortho intramolecular Hbond substituents is 1. The summed E-state index contributed by atoms with van der Waals surface area (Å²) in [5.74, 6) is -0.813. The number of nitrogens with zero attached hydrogens (tertiary/aromatic N) is 2. The van der Waals surface area contributed by atoms with Crippen molar-refractivity contribution in [1.82, 2.24) is 4.90 Å². The molecule has 1 fully saturated rings. The summed E-state index contributed by atoms with van der Waals surface area (Å²) in [4.78, 5) is 47.6. The number of amides is 3. The number of carbonyl (C=O) groups is 3. The molecule has 3 rings (SSSR count). The van der Waals surface area contributed by atoms with Gasteiger partial charge in [-0.3, -0.25) is 29.4 Å². The molecule has 1 aliphatic heterocycles. The molecule has 11 heteroatoms. The van der Waals surface area contributed by atoms with Crippen molar-refractivity contribution in [2.75, 3.05) is 11.9 Å². The summed E-state index contributed by atoms with van der Waals surface area (Å²) < 4.78 is 5.33. The van der Waals surface area contributed by atoms with E-state index in [4.69, 9.17) is 4.42 Å². The maximum absolute atomic E-state index is 12.4. The molecule has 0 radical (unpaired) electrons. The topological polar surface area (TPSA) is 143 Å². The number of aryl methyl sites for hydroxylation is 1. The number of aromatic hydroxyl groups is 1. The molecule has 2 N–H and O–H groups in total. The summed E-state index contributed by atoms with van der Waals surface area (Å²) in [6.45, 7) is 1.12. The molecule has 1 saturated heterocycles. The van der Waals surface area contributed by atoms with Gasteiger partial charge in [-0.1, -0.05) is 0 Å². The first kappa shape index (κ1) is 19.2. The fourth-order valence-corrected chi connectivity index (χ4v) is 3.19. The molecule has 0 spiro atoms. The van der Waals surface area contributed by atoms with Crippen LogP contribution in [-0.4, -0.2) is 38.5 Å². The SMILES string of the molecule is Cc1ccc(/C=C2\SC(=O)N(CC(=O)Nc3cc([N+](=O)[O-])ccc3O)C2=O)o1. The zero-order valence-electron chi connectivity index (χ0n) is 14.4. The Kier molecular flexibility index (Phi) is 5.18. The van der Waals surface area contributed by atoms with E-state index in [1.54, 1.807) is 19.1 Å². The molecule has 0 atom stereocenters. The van der Waals surface area contributed by atoms with Crippen LogP contribution >= 0.6 is 11.8 Å². The van der Waals surface area contributed by atoms with Gasteiger partial charge in [-0.25, -0.2) is 0 Å². The fourth-order valence-electron chi connectivity index (χ4n) is 2.37. The van der Waals surface area contributed by atoms with Crippen LogP contribution < -0.4 is 5.32 Å². The van der Waals surface area contributed by atoms with Crippen LogP contribution in [-0.2, 0) is 9.59 Å². The lowest BCUT2D eigenvalue weighted by Gasteiger charge is -2.13. The van der Waals surface area contributed by atoms with Crippen molar-refractivity contribution in [2.24, 2.45) is 0 Å². The monoisotopic (exact) mass is 403 g/mol. The number of phenols is 1. The Morgan fingerprint density at radius 2 is 2.11 bits per heavy atom. The third-order valence-electron chi connectivity index (χ3n) is 3.67. The summed E-state index contributed by atoms with van der Waals surface area (Å²) in [5, 5.41) is 22.1. The Bertz CT molecular complexity index is 1030. The Labute approximate surface area is 162 Å². The van der Waals surface area contributed by atoms with Gasteiger partial charge in [-0.2, -0.15) is 0 Å². The van der Waals surface area contributed by atoms with Gasteiger partial charge in [0.25, 0.3) is 16.8 Å². The summed E-state index contributed by atoms with van der Waals surface area (Å²) >= 11 is 0.664. The zero-order chi connectivity index (χ0) is 20.4. The number of hydrogen-bond acceptors (Lipinski definition) is 8. The van der Waals surface area contributed by atoms with Crippen molar-refractivity contribution in [2.45, 2.75) is 6.92 Å². The maximum Gasteiger partial charge on any atom is 0.294 e. The molecule has 1 aromatic carbocycles. The third-order valence-corrected chi connectivity index (χ3v) is 4.58. The van der Waals surface area contributed by atoms with E-state index in [0.29, 0.717) is 23.3 Å². The van der Waals surface area contributed by atoms with Gasteiger partial charge >= 0.3 is 0 Å². The molecular weight excluding hydrogens is 390 g/mol. The first-order valence-electron chi connectivity index (χ1n) is 7.83. The number of nitro groups is 1. The highest BCUT2D eigenvalue weighted by atomic mass is 32.2. The summed E-state index contributed by atoms with van der Waals surface area (Å²) in [5.41, 5.74) is -0.538. The molecule has 0 aliphatic carbocycles. The average molecular weight is 403 g/mol. The standard InChI is InChI=1S/C17H13N3O7S/c1-9-2-4-11(27-9)7-14-16(23)19(17(24)28-14)8-15(22)18-12-6-10(20(25)26)3-5-13(12)21/h2-7,21H,8H2,1H3,(H,18,22)/b14-7-. The van der Waals surface area contributed by atoms with E-state index in [9.17, 15) is 29.6 Å². The quantitative estimate of drug-likeness (QED) is 0.336. The largest absolute Gasteiger partial charge is 0.506 e. The van der Waals surface area contributed by atoms with E-state index >= 15 is 0 Å². The summed E-state index contributed by atoms with van der Waals surface area (Å²) in [7, 11) is 0. The molecule has 28 heavy (non-hydrogen) atoms. The van der Waals surface area contributed by atoms with Crippen molar-refractivity contribution in [3.05, 3.63) is 56.9 Å². The van der Waals surface area contributed by atoms with Gasteiger partial charge in [0.2, 0.25) is 5.91 Å². The van der Waals surface area contributed by atoms with Crippen LogP contribution in [0.15, 0.2) is 39.7 Å².